The maximum Gasteiger partial charge on any atom is 0.573 e. The minimum atomic E-state index is -4.79. The lowest BCUT2D eigenvalue weighted by Gasteiger charge is -2.23. The SMILES string of the molecule is CCO[C@@H](Cc1ccc(OCC(=O)N(Cc2ccc(C)cc2)Cc2ccc(OC(F)(F)F)cc2)cc1)C(=O)O. The van der Waals surface area contributed by atoms with E-state index >= 15 is 0 Å². The molecule has 3 aromatic carbocycles. The molecule has 0 heterocycles. The van der Waals surface area contributed by atoms with Crippen LogP contribution in [0.3, 0.4) is 0 Å². The number of nitrogens with zero attached hydrogens (tertiary/aromatic N) is 1. The summed E-state index contributed by atoms with van der Waals surface area (Å²) in [6.07, 6.45) is -5.54. The Hall–Kier alpha value is -4.05. The van der Waals surface area contributed by atoms with E-state index < -0.39 is 18.4 Å². The van der Waals surface area contributed by atoms with Gasteiger partial charge in [0.25, 0.3) is 5.91 Å². The molecule has 3 aromatic rings. The van der Waals surface area contributed by atoms with Gasteiger partial charge in [0.1, 0.15) is 11.5 Å². The zero-order valence-corrected chi connectivity index (χ0v) is 21.6. The maximum absolute atomic E-state index is 13.2. The van der Waals surface area contributed by atoms with Gasteiger partial charge in [0.05, 0.1) is 0 Å². The highest BCUT2D eigenvalue weighted by atomic mass is 19.4. The van der Waals surface area contributed by atoms with Crippen LogP contribution in [0.15, 0.2) is 72.8 Å². The monoisotopic (exact) mass is 545 g/mol. The maximum atomic E-state index is 13.2. The van der Waals surface area contributed by atoms with E-state index in [1.165, 1.54) is 24.3 Å². The molecule has 0 aliphatic heterocycles. The van der Waals surface area contributed by atoms with E-state index in [-0.39, 0.29) is 44.4 Å². The summed E-state index contributed by atoms with van der Waals surface area (Å²) in [6.45, 7) is 4.12. The van der Waals surface area contributed by atoms with Crippen molar-refractivity contribution in [2.24, 2.45) is 0 Å². The second kappa shape index (κ2) is 13.7. The van der Waals surface area contributed by atoms with Crippen molar-refractivity contribution in [2.45, 2.75) is 45.8 Å². The number of hydrogen-bond donors (Lipinski definition) is 1. The van der Waals surface area contributed by atoms with Crippen LogP contribution in [0.4, 0.5) is 13.2 Å². The number of aryl methyl sites for hydroxylation is 1. The number of rotatable bonds is 13. The lowest BCUT2D eigenvalue weighted by molar-refractivity contribution is -0.274. The number of alkyl halides is 3. The van der Waals surface area contributed by atoms with Crippen LogP contribution in [0.1, 0.15) is 29.2 Å². The third-order valence-electron chi connectivity index (χ3n) is 5.73. The van der Waals surface area contributed by atoms with Gasteiger partial charge in [-0.2, -0.15) is 0 Å². The van der Waals surface area contributed by atoms with Crippen molar-refractivity contribution in [1.29, 1.82) is 0 Å². The van der Waals surface area contributed by atoms with Gasteiger partial charge >= 0.3 is 12.3 Å². The third-order valence-corrected chi connectivity index (χ3v) is 5.73. The van der Waals surface area contributed by atoms with E-state index in [0.29, 0.717) is 11.3 Å². The molecule has 0 aliphatic carbocycles. The van der Waals surface area contributed by atoms with Crippen molar-refractivity contribution in [2.75, 3.05) is 13.2 Å². The normalized spacial score (nSPS) is 12.0. The van der Waals surface area contributed by atoms with Crippen LogP contribution in [0.25, 0.3) is 0 Å². The Morgan fingerprint density at radius 2 is 1.36 bits per heavy atom. The Balaban J connectivity index is 1.66. The second-order valence-electron chi connectivity index (χ2n) is 8.85. The zero-order chi connectivity index (χ0) is 28.4. The van der Waals surface area contributed by atoms with Crippen LogP contribution in [-0.4, -0.2) is 47.6 Å². The van der Waals surface area contributed by atoms with Crippen LogP contribution in [0.5, 0.6) is 11.5 Å². The topological polar surface area (TPSA) is 85.3 Å². The average molecular weight is 546 g/mol. The molecular weight excluding hydrogens is 515 g/mol. The summed E-state index contributed by atoms with van der Waals surface area (Å²) < 4.78 is 52.3. The summed E-state index contributed by atoms with van der Waals surface area (Å²) in [5, 5.41) is 9.26. The van der Waals surface area contributed by atoms with E-state index in [2.05, 4.69) is 4.74 Å². The van der Waals surface area contributed by atoms with Gasteiger partial charge in [-0.3, -0.25) is 4.79 Å². The molecule has 0 spiro atoms. The van der Waals surface area contributed by atoms with Gasteiger partial charge in [-0.15, -0.1) is 13.2 Å². The Bertz CT molecular complexity index is 1210. The number of amides is 1. The predicted molar refractivity (Wildman–Crippen MR) is 137 cm³/mol. The molecule has 7 nitrogen and oxygen atoms in total. The van der Waals surface area contributed by atoms with Crippen LogP contribution < -0.4 is 9.47 Å². The molecule has 0 saturated carbocycles. The standard InChI is InChI=1S/C29H30F3NO6/c1-3-37-26(28(35)36)16-21-8-12-24(13-9-21)38-19-27(34)33(17-22-6-4-20(2)5-7-22)18-23-10-14-25(15-11-23)39-29(30,31)32/h4-15,26H,3,16-19H2,1-2H3,(H,35,36)/t26-/m0/s1. The molecular formula is C29H30F3NO6. The Morgan fingerprint density at radius 1 is 0.846 bits per heavy atom. The fourth-order valence-corrected chi connectivity index (χ4v) is 3.75. The molecule has 0 bridgehead atoms. The van der Waals surface area contributed by atoms with Crippen molar-refractivity contribution in [1.82, 2.24) is 4.90 Å². The van der Waals surface area contributed by atoms with E-state index in [1.807, 2.05) is 31.2 Å². The van der Waals surface area contributed by atoms with Gasteiger partial charge in [0.15, 0.2) is 12.7 Å². The van der Waals surface area contributed by atoms with Crippen LogP contribution >= 0.6 is 0 Å². The quantitative estimate of drug-likeness (QED) is 0.304. The first-order valence-electron chi connectivity index (χ1n) is 12.3. The molecule has 10 heteroatoms. The minimum Gasteiger partial charge on any atom is -0.484 e. The summed E-state index contributed by atoms with van der Waals surface area (Å²) in [4.78, 5) is 26.0. The predicted octanol–water partition coefficient (Wildman–Crippen LogP) is 5.53. The fraction of sp³-hybridized carbons (Fsp3) is 0.310. The van der Waals surface area contributed by atoms with E-state index in [4.69, 9.17) is 9.47 Å². The lowest BCUT2D eigenvalue weighted by Crippen LogP contribution is -2.34. The number of ether oxygens (including phenoxy) is 3. The second-order valence-corrected chi connectivity index (χ2v) is 8.85. The number of hydrogen-bond acceptors (Lipinski definition) is 5. The summed E-state index contributed by atoms with van der Waals surface area (Å²) in [6, 6.07) is 19.8. The highest BCUT2D eigenvalue weighted by Gasteiger charge is 2.31. The molecule has 0 radical (unpaired) electrons. The van der Waals surface area contributed by atoms with Crippen molar-refractivity contribution in [3.8, 4) is 11.5 Å². The summed E-state index contributed by atoms with van der Waals surface area (Å²) in [5.74, 6) is -1.28. The molecule has 1 atom stereocenters. The molecule has 208 valence electrons. The van der Waals surface area contributed by atoms with Crippen molar-refractivity contribution < 1.29 is 42.1 Å². The van der Waals surface area contributed by atoms with Gasteiger partial charge in [-0.25, -0.2) is 4.79 Å². The number of benzene rings is 3. The van der Waals surface area contributed by atoms with Crippen LogP contribution in [0, 0.1) is 6.92 Å². The first kappa shape index (κ1) is 29.5. The van der Waals surface area contributed by atoms with Gasteiger partial charge in [-0.05, 0) is 54.8 Å². The van der Waals surface area contributed by atoms with Gasteiger partial charge in [0.2, 0.25) is 0 Å². The molecule has 1 amide bonds. The number of aliphatic carboxylic acids is 1. The number of carbonyl (C=O) groups excluding carboxylic acids is 1. The number of halogens is 3. The Morgan fingerprint density at radius 3 is 1.87 bits per heavy atom. The van der Waals surface area contributed by atoms with Crippen molar-refractivity contribution >= 4 is 11.9 Å². The average Bonchev–Trinajstić information content (AvgIpc) is 2.89. The third kappa shape index (κ3) is 9.97. The molecule has 39 heavy (non-hydrogen) atoms. The van der Waals surface area contributed by atoms with E-state index in [9.17, 15) is 27.9 Å². The smallest absolute Gasteiger partial charge is 0.484 e. The zero-order valence-electron chi connectivity index (χ0n) is 21.6. The molecule has 0 fully saturated rings. The fourth-order valence-electron chi connectivity index (χ4n) is 3.75. The summed E-state index contributed by atoms with van der Waals surface area (Å²) >= 11 is 0. The number of carbonyl (C=O) groups is 2. The summed E-state index contributed by atoms with van der Waals surface area (Å²) in [5.41, 5.74) is 3.32. The minimum absolute atomic E-state index is 0.148. The highest BCUT2D eigenvalue weighted by molar-refractivity contribution is 5.78. The molecule has 1 N–H and O–H groups in total. The van der Waals surface area contributed by atoms with Gasteiger partial charge in [0, 0.05) is 26.1 Å². The lowest BCUT2D eigenvalue weighted by atomic mass is 10.1. The first-order chi connectivity index (χ1) is 18.5. The van der Waals surface area contributed by atoms with Crippen LogP contribution in [0.2, 0.25) is 0 Å². The van der Waals surface area contributed by atoms with Crippen molar-refractivity contribution in [3.05, 3.63) is 95.1 Å². The molecule has 0 saturated heterocycles. The largest absolute Gasteiger partial charge is 0.573 e. The Kier molecular flexibility index (Phi) is 10.3. The van der Waals surface area contributed by atoms with E-state index in [0.717, 1.165) is 16.7 Å². The summed E-state index contributed by atoms with van der Waals surface area (Å²) in [7, 11) is 0. The van der Waals surface area contributed by atoms with Crippen molar-refractivity contribution in [3.63, 3.8) is 0 Å². The molecule has 0 unspecified atom stereocenters. The first-order valence-corrected chi connectivity index (χ1v) is 12.3. The molecule has 3 rings (SSSR count). The molecule has 0 aliphatic rings. The van der Waals surface area contributed by atoms with Gasteiger partial charge < -0.3 is 24.2 Å². The van der Waals surface area contributed by atoms with E-state index in [1.54, 1.807) is 36.1 Å². The number of carboxylic acids is 1. The Labute approximate surface area is 224 Å². The van der Waals surface area contributed by atoms with Crippen LogP contribution in [-0.2, 0) is 33.8 Å². The highest BCUT2D eigenvalue weighted by Crippen LogP contribution is 2.23. The molecule has 0 aromatic heterocycles. The van der Waals surface area contributed by atoms with Gasteiger partial charge in [-0.1, -0.05) is 54.1 Å². The number of carboxylic acid groups (broad SMARTS) is 1.